The van der Waals surface area contributed by atoms with Gasteiger partial charge in [0, 0.05) is 54.4 Å². The fraction of sp³-hybridized carbons (Fsp3) is 1.00. The Bertz CT molecular complexity index is 3080. The minimum Gasteiger partial charge on any atom is -0.295 e. The fourth-order valence-corrected chi connectivity index (χ4v) is 41.2. The van der Waals surface area contributed by atoms with E-state index in [1.54, 1.807) is 353 Å². The molecule has 0 bridgehead atoms. The van der Waals surface area contributed by atoms with Crippen LogP contribution < -0.4 is 0 Å². The average molecular weight is 1590 g/mol. The minimum atomic E-state index is 0.428. The summed E-state index contributed by atoms with van der Waals surface area (Å²) in [5, 5.41) is 0. The van der Waals surface area contributed by atoms with Gasteiger partial charge in [-0.25, -0.2) is 0 Å². The molecule has 116 heavy (non-hydrogen) atoms. The Kier molecular flexibility index (Phi) is 24.7. The summed E-state index contributed by atoms with van der Waals surface area (Å²) in [6.07, 6.45) is 96.8. The zero-order chi connectivity index (χ0) is 78.5. The van der Waals surface area contributed by atoms with Gasteiger partial charge in [-0.2, -0.15) is 0 Å². The van der Waals surface area contributed by atoms with E-state index in [9.17, 15) is 0 Å². The Morgan fingerprint density at radius 3 is 1.03 bits per heavy atom. The SMILES string of the molecule is CC(C)(C)C1CCC(C2CC3C4B(C5CC(C6CC7CC(C(C)(C)C)CC8CCC9CC(C(C)(C)C)CC6C9C87)CCC5N3C3C(C5CCCCC5)CC(C5CCCCC5)CC3C3CCCCC3)C3CCC(N5C6CCCCC6C6CCCCC65)CC3N(C3C(C5CCCCC5)CC(C5CCCCC5)CC3C3CCCCC3)C4C2)CC1. The van der Waals surface area contributed by atoms with Crippen molar-refractivity contribution in [1.82, 2.24) is 14.7 Å². The van der Waals surface area contributed by atoms with Gasteiger partial charge in [0.05, 0.1) is 0 Å². The van der Waals surface area contributed by atoms with E-state index in [-0.39, 0.29) is 0 Å². The Morgan fingerprint density at radius 1 is 0.190 bits per heavy atom. The molecule has 0 spiro atoms. The van der Waals surface area contributed by atoms with E-state index in [0.717, 1.165) is 238 Å². The normalized spacial score (nSPS) is 49.3. The monoisotopic (exact) mass is 1590 g/mol. The first-order valence-corrected chi connectivity index (χ1v) is 55.8. The van der Waals surface area contributed by atoms with Gasteiger partial charge in [-0.3, -0.25) is 14.7 Å². The van der Waals surface area contributed by atoms with Crippen molar-refractivity contribution < 1.29 is 0 Å². The third kappa shape index (κ3) is 15.6. The summed E-state index contributed by atoms with van der Waals surface area (Å²) in [5.74, 6) is 29.5. The Labute approximate surface area is 718 Å². The summed E-state index contributed by atoms with van der Waals surface area (Å²) < 4.78 is 0. The van der Waals surface area contributed by atoms with Crippen molar-refractivity contribution in [2.45, 2.75) is 526 Å². The maximum absolute atomic E-state index is 4.11. The molecular formula is C112H188BN3. The van der Waals surface area contributed by atoms with E-state index in [2.05, 4.69) is 77.0 Å². The van der Waals surface area contributed by atoms with Crippen LogP contribution in [0.25, 0.3) is 0 Å². The van der Waals surface area contributed by atoms with E-state index in [1.165, 1.54) is 38.5 Å². The van der Waals surface area contributed by atoms with E-state index in [0.29, 0.717) is 16.2 Å². The highest BCUT2D eigenvalue weighted by Crippen LogP contribution is 2.73. The van der Waals surface area contributed by atoms with Gasteiger partial charge < -0.3 is 0 Å². The van der Waals surface area contributed by atoms with Crippen LogP contribution in [0.4, 0.5) is 0 Å². The van der Waals surface area contributed by atoms with Crippen molar-refractivity contribution in [2.75, 3.05) is 0 Å². The van der Waals surface area contributed by atoms with Gasteiger partial charge in [-0.15, -0.1) is 0 Å². The van der Waals surface area contributed by atoms with Crippen molar-refractivity contribution in [3.63, 3.8) is 0 Å². The summed E-state index contributed by atoms with van der Waals surface area (Å²) in [4.78, 5) is 11.8. The Balaban J connectivity index is 0.762. The number of rotatable bonds is 11. The second kappa shape index (κ2) is 34.5. The highest BCUT2D eigenvalue weighted by atomic mass is 15.3. The van der Waals surface area contributed by atoms with Crippen molar-refractivity contribution >= 4 is 6.71 Å². The van der Waals surface area contributed by atoms with Crippen molar-refractivity contribution in [3.8, 4) is 0 Å². The standard InChI is InChI=1S/C112H188BN3/c1-110(2,3)85-53-50-73(51-54-85)83-67-103-107-104(68-83)116(109-94(76-40-24-14-25-41-76)63-82(72-34-18-11-19-35-72)64-95(109)77-42-26-15-27-43-77)102-70-88(114-99-46-30-28-44-89(99)90-45-29-31-47-100(90)114)55-56-97(102)113(107)98-66-78(91-65-84-60-86(111(4,5)6)58-79-48-49-80-59-87(112(7,8)9)69-96(91)106(80)105(79)84)52-57-101(98)115(103)108-92(74-36-20-12-21-37-74)61-81(71-32-16-10-17-33-71)62-93(108)75-38-22-13-23-39-75/h71-109H,10-70H2,1-9H3. The highest BCUT2D eigenvalue weighted by molar-refractivity contribution is 6.65. The molecule has 0 N–H and O–H groups in total. The first kappa shape index (κ1) is 82.9. The molecule has 3 heterocycles. The lowest BCUT2D eigenvalue weighted by Crippen LogP contribution is -2.77. The highest BCUT2D eigenvalue weighted by Gasteiger charge is 2.71. The van der Waals surface area contributed by atoms with Crippen LogP contribution in [0.3, 0.4) is 0 Å². The summed E-state index contributed by atoms with van der Waals surface area (Å²) >= 11 is 0. The zero-order valence-corrected chi connectivity index (χ0v) is 78.1. The molecule has 27 atom stereocenters. The number of nitrogens with zero attached hydrogens (tertiary/aromatic N) is 3. The molecule has 0 aromatic carbocycles. The zero-order valence-electron chi connectivity index (χ0n) is 78.1. The number of likely N-dealkylation sites (tertiary alicyclic amines) is 1. The quantitative estimate of drug-likeness (QED) is 0.191. The predicted octanol–water partition coefficient (Wildman–Crippen LogP) is 30.7. The van der Waals surface area contributed by atoms with Gasteiger partial charge in [0.25, 0.3) is 0 Å². The van der Waals surface area contributed by atoms with E-state index in [1.807, 2.05) is 0 Å². The molecule has 21 aliphatic rings. The summed E-state index contributed by atoms with van der Waals surface area (Å²) in [5.41, 5.74) is 1.31. The first-order chi connectivity index (χ1) is 56.4. The lowest BCUT2D eigenvalue weighted by molar-refractivity contribution is -0.158. The van der Waals surface area contributed by atoms with E-state index >= 15 is 0 Å². The smallest absolute Gasteiger partial charge is 0.156 e. The number of hydrogen-bond acceptors (Lipinski definition) is 3. The summed E-state index contributed by atoms with van der Waals surface area (Å²) in [6, 6.07) is 7.72. The number of fused-ring (bicyclic) bond motifs is 7. The Morgan fingerprint density at radius 2 is 0.560 bits per heavy atom. The largest absolute Gasteiger partial charge is 0.295 e. The molecule has 27 unspecified atom stereocenters. The van der Waals surface area contributed by atoms with E-state index in [4.69, 9.17) is 0 Å². The van der Waals surface area contributed by atoms with Gasteiger partial charge in [0.15, 0.2) is 6.71 Å². The summed E-state index contributed by atoms with van der Waals surface area (Å²) in [6.45, 7) is 25.4. The predicted molar refractivity (Wildman–Crippen MR) is 491 cm³/mol. The molecule has 18 saturated carbocycles. The Hall–Kier alpha value is -0.0551. The molecule has 4 heteroatoms. The molecule has 3 saturated heterocycles. The molecule has 3 aliphatic heterocycles. The topological polar surface area (TPSA) is 9.72 Å². The van der Waals surface area contributed by atoms with Crippen molar-refractivity contribution in [3.05, 3.63) is 0 Å². The second-order valence-corrected chi connectivity index (χ2v) is 53.5. The van der Waals surface area contributed by atoms with Gasteiger partial charge in [-0.1, -0.05) is 293 Å². The molecule has 654 valence electrons. The molecule has 0 aromatic rings. The molecule has 3 nitrogen and oxygen atoms in total. The van der Waals surface area contributed by atoms with Crippen LogP contribution in [0, 0.1) is 176 Å². The van der Waals surface area contributed by atoms with Crippen LogP contribution >= 0.6 is 0 Å². The molecule has 18 aliphatic carbocycles. The lowest BCUT2D eigenvalue weighted by Gasteiger charge is -2.73. The van der Waals surface area contributed by atoms with E-state index < -0.39 is 0 Å². The first-order valence-electron chi connectivity index (χ1n) is 55.8. The molecule has 0 amide bonds. The minimum absolute atomic E-state index is 0.428. The van der Waals surface area contributed by atoms with Gasteiger partial charge in [-0.05, 0) is 354 Å². The summed E-state index contributed by atoms with van der Waals surface area (Å²) in [7, 11) is 0. The number of hydrogen-bond donors (Lipinski definition) is 0. The maximum atomic E-state index is 4.11. The van der Waals surface area contributed by atoms with Crippen LogP contribution in [0.5, 0.6) is 0 Å². The molecule has 21 rings (SSSR count). The van der Waals surface area contributed by atoms with Crippen LogP contribution in [0.15, 0.2) is 0 Å². The molecule has 21 fully saturated rings. The fourth-order valence-electron chi connectivity index (χ4n) is 41.2. The van der Waals surface area contributed by atoms with Crippen LogP contribution in [0.1, 0.15) is 454 Å². The van der Waals surface area contributed by atoms with Gasteiger partial charge >= 0.3 is 0 Å². The van der Waals surface area contributed by atoms with Gasteiger partial charge in [0.1, 0.15) is 0 Å². The second-order valence-electron chi connectivity index (χ2n) is 53.5. The molecule has 0 aromatic heterocycles. The van der Waals surface area contributed by atoms with Crippen LogP contribution in [0.2, 0.25) is 17.5 Å². The third-order valence-electron chi connectivity index (χ3n) is 46.0. The van der Waals surface area contributed by atoms with Crippen molar-refractivity contribution in [2.24, 2.45) is 176 Å². The molecular weight excluding hydrogens is 1400 g/mol. The van der Waals surface area contributed by atoms with Crippen molar-refractivity contribution in [1.29, 1.82) is 0 Å². The van der Waals surface area contributed by atoms with Gasteiger partial charge in [0.2, 0.25) is 0 Å². The molecule has 0 radical (unpaired) electrons. The maximum Gasteiger partial charge on any atom is 0.156 e. The lowest BCUT2D eigenvalue weighted by atomic mass is 9.18. The van der Waals surface area contributed by atoms with Crippen LogP contribution in [-0.4, -0.2) is 75.8 Å². The van der Waals surface area contributed by atoms with Crippen LogP contribution in [-0.2, 0) is 0 Å². The third-order valence-corrected chi connectivity index (χ3v) is 46.0. The average Bonchev–Trinajstić information content (AvgIpc) is 0.716.